The number of hydrogen-bond donors (Lipinski definition) is 1. The summed E-state index contributed by atoms with van der Waals surface area (Å²) in [6.07, 6.45) is -1.60. The summed E-state index contributed by atoms with van der Waals surface area (Å²) >= 11 is 1.02. The molecule has 0 unspecified atom stereocenters. The van der Waals surface area contributed by atoms with Gasteiger partial charge in [-0.25, -0.2) is 18.2 Å². The number of benzene rings is 1. The topological polar surface area (TPSA) is 80.2 Å². The molecule has 216 valence electrons. The third-order valence-electron chi connectivity index (χ3n) is 6.68. The highest BCUT2D eigenvalue weighted by atomic mass is 32.1. The Bertz CT molecular complexity index is 1290. The summed E-state index contributed by atoms with van der Waals surface area (Å²) in [5.41, 5.74) is 0.0571. The number of likely N-dealkylation sites (tertiary alicyclic amines) is 1. The molecule has 1 fully saturated rings. The minimum atomic E-state index is -4.61. The van der Waals surface area contributed by atoms with Crippen molar-refractivity contribution in [3.8, 4) is 5.75 Å². The third-order valence-corrected chi connectivity index (χ3v) is 7.62. The van der Waals surface area contributed by atoms with E-state index in [1.807, 2.05) is 0 Å². The summed E-state index contributed by atoms with van der Waals surface area (Å²) < 4.78 is 88.5. The molecule has 0 spiro atoms. The van der Waals surface area contributed by atoms with Crippen molar-refractivity contribution >= 4 is 23.1 Å². The minimum Gasteiger partial charge on any atom is -0.490 e. The number of hydrogen-bond acceptors (Lipinski definition) is 7. The van der Waals surface area contributed by atoms with E-state index >= 15 is 0 Å². The van der Waals surface area contributed by atoms with Crippen LogP contribution in [0.5, 0.6) is 5.75 Å². The van der Waals surface area contributed by atoms with Crippen LogP contribution in [-0.4, -0.2) is 64.2 Å². The number of ether oxygens (including phenoxy) is 1. The second kappa shape index (κ2) is 12.9. The Balaban J connectivity index is 1.38. The number of nitrogens with zero attached hydrogens (tertiary/aromatic N) is 4. The van der Waals surface area contributed by atoms with Gasteiger partial charge in [0, 0.05) is 29.2 Å². The number of piperidine rings is 1. The van der Waals surface area contributed by atoms with Crippen molar-refractivity contribution in [3.63, 3.8) is 0 Å². The number of alkyl halides is 5. The first kappa shape index (κ1) is 29.7. The van der Waals surface area contributed by atoms with Gasteiger partial charge < -0.3 is 10.1 Å². The van der Waals surface area contributed by atoms with E-state index in [0.29, 0.717) is 42.7 Å². The monoisotopic (exact) mass is 587 g/mol. The predicted molar refractivity (Wildman–Crippen MR) is 137 cm³/mol. The molecule has 1 aliphatic heterocycles. The number of amides is 1. The van der Waals surface area contributed by atoms with Gasteiger partial charge in [0.2, 0.25) is 0 Å². The highest BCUT2D eigenvalue weighted by Crippen LogP contribution is 2.29. The maximum absolute atomic E-state index is 14.4. The van der Waals surface area contributed by atoms with E-state index in [1.165, 1.54) is 12.1 Å². The number of halogens is 6. The summed E-state index contributed by atoms with van der Waals surface area (Å²) in [5.74, 6) is -1.10. The molecule has 4 rings (SSSR count). The van der Waals surface area contributed by atoms with Gasteiger partial charge >= 0.3 is 6.18 Å². The highest BCUT2D eigenvalue weighted by molar-refractivity contribution is 7.06. The zero-order valence-electron chi connectivity index (χ0n) is 21.5. The molecule has 1 N–H and O–H groups in total. The maximum atomic E-state index is 14.4. The van der Waals surface area contributed by atoms with E-state index in [9.17, 15) is 31.1 Å². The lowest BCUT2D eigenvalue weighted by Crippen LogP contribution is -2.44. The van der Waals surface area contributed by atoms with Crippen LogP contribution in [-0.2, 0) is 12.6 Å². The fourth-order valence-electron chi connectivity index (χ4n) is 4.40. The SMILES string of the molecule is Cc1nsc(Cc2cnc(C(F)(F)F)cn2)c1C(=O)Nc1ccc(F)c(OCC2CCN(C(CF)CF)CC2)c1. The Labute approximate surface area is 230 Å². The van der Waals surface area contributed by atoms with Gasteiger partial charge in [-0.05, 0) is 62.4 Å². The summed E-state index contributed by atoms with van der Waals surface area (Å²) in [4.78, 5) is 22.6. The molecule has 7 nitrogen and oxygen atoms in total. The molecule has 0 bridgehead atoms. The quantitative estimate of drug-likeness (QED) is 0.310. The Morgan fingerprint density at radius 2 is 1.90 bits per heavy atom. The van der Waals surface area contributed by atoms with Crippen LogP contribution in [0.15, 0.2) is 30.6 Å². The molecule has 40 heavy (non-hydrogen) atoms. The van der Waals surface area contributed by atoms with Crippen molar-refractivity contribution in [1.82, 2.24) is 19.2 Å². The number of aromatic nitrogens is 3. The molecule has 2 aromatic heterocycles. The Morgan fingerprint density at radius 1 is 1.18 bits per heavy atom. The first-order chi connectivity index (χ1) is 19.1. The van der Waals surface area contributed by atoms with Crippen molar-refractivity contribution in [2.24, 2.45) is 5.92 Å². The van der Waals surface area contributed by atoms with Crippen LogP contribution in [0.1, 0.15) is 45.2 Å². The molecule has 0 radical (unpaired) electrons. The molecule has 3 heterocycles. The van der Waals surface area contributed by atoms with E-state index < -0.39 is 43.0 Å². The number of aryl methyl sites for hydroxylation is 1. The Kier molecular flexibility index (Phi) is 9.61. The molecule has 1 aliphatic rings. The van der Waals surface area contributed by atoms with Crippen LogP contribution < -0.4 is 10.1 Å². The summed E-state index contributed by atoms with van der Waals surface area (Å²) in [5, 5.41) is 2.70. The van der Waals surface area contributed by atoms with Crippen molar-refractivity contribution in [2.75, 3.05) is 38.4 Å². The molecule has 3 aromatic rings. The van der Waals surface area contributed by atoms with Gasteiger partial charge in [0.25, 0.3) is 5.91 Å². The summed E-state index contributed by atoms with van der Waals surface area (Å²) in [6.45, 7) is 1.41. The molecule has 0 atom stereocenters. The standard InChI is InChI=1S/C26H27F6N5O2S/c1-15-24(22(40-36-15)9-18-12-34-23(13-33-18)26(30,31)32)25(38)35-17-2-3-20(29)21(8-17)39-14-16-4-6-37(7-5-16)19(10-27)11-28/h2-3,8,12-13,16,19H,4-7,9-11,14H2,1H3,(H,35,38). The van der Waals surface area contributed by atoms with E-state index in [-0.39, 0.29) is 41.6 Å². The van der Waals surface area contributed by atoms with Gasteiger partial charge in [0.05, 0.1) is 35.8 Å². The lowest BCUT2D eigenvalue weighted by molar-refractivity contribution is -0.141. The molecule has 1 aromatic carbocycles. The Morgan fingerprint density at radius 3 is 2.52 bits per heavy atom. The zero-order chi connectivity index (χ0) is 28.9. The highest BCUT2D eigenvalue weighted by Gasteiger charge is 2.33. The maximum Gasteiger partial charge on any atom is 0.434 e. The van der Waals surface area contributed by atoms with Gasteiger partial charge in [0.15, 0.2) is 17.3 Å². The molecule has 1 amide bonds. The minimum absolute atomic E-state index is 0.0490. The van der Waals surface area contributed by atoms with Crippen LogP contribution in [0.4, 0.5) is 32.0 Å². The molecular formula is C26H27F6N5O2S. The fourth-order valence-corrected chi connectivity index (χ4v) is 5.28. The Hall–Kier alpha value is -3.26. The normalized spacial score (nSPS) is 15.0. The van der Waals surface area contributed by atoms with Gasteiger partial charge in [-0.15, -0.1) is 0 Å². The average molecular weight is 588 g/mol. The summed E-state index contributed by atoms with van der Waals surface area (Å²) in [7, 11) is 0. The number of carbonyl (C=O) groups is 1. The largest absolute Gasteiger partial charge is 0.490 e. The van der Waals surface area contributed by atoms with Gasteiger partial charge in [0.1, 0.15) is 13.3 Å². The molecular weight excluding hydrogens is 560 g/mol. The molecule has 0 saturated carbocycles. The first-order valence-corrected chi connectivity index (χ1v) is 13.3. The second-order valence-corrected chi connectivity index (χ2v) is 10.3. The van der Waals surface area contributed by atoms with Crippen molar-refractivity contribution in [3.05, 3.63) is 63.9 Å². The van der Waals surface area contributed by atoms with E-state index in [2.05, 4.69) is 19.7 Å². The van der Waals surface area contributed by atoms with Crippen molar-refractivity contribution in [1.29, 1.82) is 0 Å². The first-order valence-electron chi connectivity index (χ1n) is 12.5. The molecule has 0 aliphatic carbocycles. The molecule has 14 heteroatoms. The van der Waals surface area contributed by atoms with Crippen LogP contribution >= 0.6 is 11.5 Å². The van der Waals surface area contributed by atoms with E-state index in [1.54, 1.807) is 11.8 Å². The smallest absolute Gasteiger partial charge is 0.434 e. The van der Waals surface area contributed by atoms with E-state index in [4.69, 9.17) is 4.74 Å². The van der Waals surface area contributed by atoms with Gasteiger partial charge in [-0.3, -0.25) is 14.7 Å². The van der Waals surface area contributed by atoms with Crippen molar-refractivity contribution < 1.29 is 35.9 Å². The number of anilines is 1. The van der Waals surface area contributed by atoms with Crippen LogP contribution in [0, 0.1) is 18.7 Å². The van der Waals surface area contributed by atoms with Gasteiger partial charge in [-0.1, -0.05) is 0 Å². The van der Waals surface area contributed by atoms with Gasteiger partial charge in [-0.2, -0.15) is 17.5 Å². The third kappa shape index (κ3) is 7.27. The van der Waals surface area contributed by atoms with E-state index in [0.717, 1.165) is 23.8 Å². The zero-order valence-corrected chi connectivity index (χ0v) is 22.3. The predicted octanol–water partition coefficient (Wildman–Crippen LogP) is 5.64. The lowest BCUT2D eigenvalue weighted by Gasteiger charge is -2.35. The lowest BCUT2D eigenvalue weighted by atomic mass is 9.97. The molecule has 1 saturated heterocycles. The fraction of sp³-hybridized carbons (Fsp3) is 0.462. The number of nitrogens with one attached hydrogen (secondary N) is 1. The van der Waals surface area contributed by atoms with Crippen LogP contribution in [0.2, 0.25) is 0 Å². The average Bonchev–Trinajstić information content (AvgIpc) is 3.29. The second-order valence-electron chi connectivity index (χ2n) is 9.49. The van der Waals surface area contributed by atoms with Crippen molar-refractivity contribution in [2.45, 2.75) is 38.4 Å². The number of rotatable bonds is 10. The van der Waals surface area contributed by atoms with Crippen LogP contribution in [0.3, 0.4) is 0 Å². The van der Waals surface area contributed by atoms with Crippen LogP contribution in [0.25, 0.3) is 0 Å². The number of carbonyl (C=O) groups excluding carboxylic acids is 1. The summed E-state index contributed by atoms with van der Waals surface area (Å²) in [6, 6.07) is 3.17.